The minimum atomic E-state index is 0.594. The van der Waals surface area contributed by atoms with E-state index < -0.39 is 0 Å². The summed E-state index contributed by atoms with van der Waals surface area (Å²) in [7, 11) is 1.62. The molecule has 0 fully saturated rings. The topological polar surface area (TPSA) is 58.5 Å². The molecule has 122 valence electrons. The second-order valence-electron chi connectivity index (χ2n) is 5.15. The quantitative estimate of drug-likeness (QED) is 0.636. The van der Waals surface area contributed by atoms with E-state index in [0.717, 1.165) is 18.2 Å². The van der Waals surface area contributed by atoms with Crippen LogP contribution in [0.2, 0.25) is 0 Å². The Hall–Kier alpha value is -2.56. The summed E-state index contributed by atoms with van der Waals surface area (Å²) in [6, 6.07) is 14.0. The second kappa shape index (κ2) is 8.78. The Balaban J connectivity index is 2.00. The molecule has 1 heterocycles. The summed E-state index contributed by atoms with van der Waals surface area (Å²) in [4.78, 5) is 9.03. The van der Waals surface area contributed by atoms with Gasteiger partial charge in [-0.25, -0.2) is 9.98 Å². The minimum Gasteiger partial charge on any atom is -0.481 e. The number of ether oxygens (including phenoxy) is 1. The molecule has 0 amide bonds. The van der Waals surface area contributed by atoms with Gasteiger partial charge in [0.1, 0.15) is 0 Å². The summed E-state index contributed by atoms with van der Waals surface area (Å²) in [6.45, 7) is 6.20. The van der Waals surface area contributed by atoms with Crippen molar-refractivity contribution < 1.29 is 4.74 Å². The summed E-state index contributed by atoms with van der Waals surface area (Å²) in [5, 5.41) is 6.55. The van der Waals surface area contributed by atoms with Crippen LogP contribution < -0.4 is 15.4 Å². The van der Waals surface area contributed by atoms with Crippen molar-refractivity contribution in [2.24, 2.45) is 4.99 Å². The van der Waals surface area contributed by atoms with Gasteiger partial charge in [0.2, 0.25) is 5.88 Å². The van der Waals surface area contributed by atoms with Crippen LogP contribution in [0.5, 0.6) is 5.88 Å². The van der Waals surface area contributed by atoms with Crippen LogP contribution >= 0.6 is 0 Å². The van der Waals surface area contributed by atoms with Crippen molar-refractivity contribution in [2.45, 2.75) is 26.9 Å². The molecule has 0 radical (unpaired) electrons. The number of nitrogens with zero attached hydrogens (tertiary/aromatic N) is 2. The molecule has 0 spiro atoms. The highest BCUT2D eigenvalue weighted by molar-refractivity contribution is 5.79. The maximum Gasteiger partial charge on any atom is 0.213 e. The van der Waals surface area contributed by atoms with E-state index in [4.69, 9.17) is 4.74 Å². The standard InChI is InChI=1S/C18H24N4O/c1-4-19-18(20-12-15-9-6-5-8-14(15)2)21-13-16-10-7-11-17(22-16)23-3/h5-11H,4,12-13H2,1-3H3,(H2,19,20,21). The van der Waals surface area contributed by atoms with Gasteiger partial charge < -0.3 is 15.4 Å². The average molecular weight is 312 g/mol. The first-order valence-corrected chi connectivity index (χ1v) is 7.79. The number of rotatable bonds is 6. The van der Waals surface area contributed by atoms with Gasteiger partial charge in [-0.15, -0.1) is 0 Å². The Morgan fingerprint density at radius 3 is 2.70 bits per heavy atom. The number of aryl methyl sites for hydroxylation is 1. The predicted molar refractivity (Wildman–Crippen MR) is 93.6 cm³/mol. The Morgan fingerprint density at radius 1 is 1.13 bits per heavy atom. The third kappa shape index (κ3) is 5.29. The first kappa shape index (κ1) is 16.8. The van der Waals surface area contributed by atoms with Crippen molar-refractivity contribution in [3.63, 3.8) is 0 Å². The van der Waals surface area contributed by atoms with Crippen LogP contribution in [-0.4, -0.2) is 24.6 Å². The molecule has 23 heavy (non-hydrogen) atoms. The highest BCUT2D eigenvalue weighted by atomic mass is 16.5. The molecule has 0 aliphatic carbocycles. The van der Waals surface area contributed by atoms with E-state index in [9.17, 15) is 0 Å². The first-order valence-electron chi connectivity index (χ1n) is 7.79. The number of guanidine groups is 1. The normalized spacial score (nSPS) is 11.2. The van der Waals surface area contributed by atoms with Crippen molar-refractivity contribution in [3.8, 4) is 5.88 Å². The van der Waals surface area contributed by atoms with Crippen molar-refractivity contribution in [1.29, 1.82) is 0 Å². The zero-order valence-corrected chi connectivity index (χ0v) is 14.0. The number of pyridine rings is 1. The van der Waals surface area contributed by atoms with Crippen molar-refractivity contribution in [1.82, 2.24) is 15.6 Å². The molecule has 2 N–H and O–H groups in total. The van der Waals surface area contributed by atoms with Gasteiger partial charge in [0, 0.05) is 12.6 Å². The van der Waals surface area contributed by atoms with Gasteiger partial charge in [0.15, 0.2) is 5.96 Å². The van der Waals surface area contributed by atoms with E-state index in [0.29, 0.717) is 19.0 Å². The highest BCUT2D eigenvalue weighted by Crippen LogP contribution is 2.08. The third-order valence-corrected chi connectivity index (χ3v) is 3.44. The number of nitrogens with one attached hydrogen (secondary N) is 2. The van der Waals surface area contributed by atoms with Gasteiger partial charge in [-0.1, -0.05) is 30.3 Å². The summed E-state index contributed by atoms with van der Waals surface area (Å²) in [5.41, 5.74) is 3.39. The molecule has 1 aromatic heterocycles. The number of methoxy groups -OCH3 is 1. The van der Waals surface area contributed by atoms with Crippen molar-refractivity contribution in [2.75, 3.05) is 13.7 Å². The van der Waals surface area contributed by atoms with Crippen LogP contribution in [0.25, 0.3) is 0 Å². The van der Waals surface area contributed by atoms with Crippen LogP contribution in [-0.2, 0) is 13.1 Å². The van der Waals surface area contributed by atoms with E-state index in [1.165, 1.54) is 11.1 Å². The Kier molecular flexibility index (Phi) is 6.41. The summed E-state index contributed by atoms with van der Waals surface area (Å²) >= 11 is 0. The maximum atomic E-state index is 5.14. The molecule has 0 saturated heterocycles. The zero-order chi connectivity index (χ0) is 16.5. The maximum absolute atomic E-state index is 5.14. The molecule has 2 rings (SSSR count). The van der Waals surface area contributed by atoms with Gasteiger partial charge in [0.25, 0.3) is 0 Å². The fraction of sp³-hybridized carbons (Fsp3) is 0.333. The zero-order valence-electron chi connectivity index (χ0n) is 14.0. The van der Waals surface area contributed by atoms with Gasteiger partial charge >= 0.3 is 0 Å². The minimum absolute atomic E-state index is 0.594. The summed E-state index contributed by atoms with van der Waals surface area (Å²) < 4.78 is 5.14. The number of hydrogen-bond acceptors (Lipinski definition) is 3. The second-order valence-corrected chi connectivity index (χ2v) is 5.15. The number of hydrogen-bond donors (Lipinski definition) is 2. The molecule has 2 aromatic rings. The van der Waals surface area contributed by atoms with E-state index in [1.54, 1.807) is 7.11 Å². The molecule has 0 aliphatic heterocycles. The SMILES string of the molecule is CCNC(=NCc1ccccc1C)NCc1cccc(OC)n1. The fourth-order valence-electron chi connectivity index (χ4n) is 2.14. The summed E-state index contributed by atoms with van der Waals surface area (Å²) in [5.74, 6) is 1.39. The fourth-order valence-corrected chi connectivity index (χ4v) is 2.14. The lowest BCUT2D eigenvalue weighted by molar-refractivity contribution is 0.396. The number of aromatic nitrogens is 1. The molecule has 0 atom stereocenters. The number of aliphatic imine (C=N–C) groups is 1. The molecule has 1 aromatic carbocycles. The van der Waals surface area contributed by atoms with Crippen LogP contribution in [0, 0.1) is 6.92 Å². The molecule has 0 aliphatic rings. The lowest BCUT2D eigenvalue weighted by Crippen LogP contribution is -2.37. The average Bonchev–Trinajstić information content (AvgIpc) is 2.59. The Labute approximate surface area is 137 Å². The highest BCUT2D eigenvalue weighted by Gasteiger charge is 2.02. The van der Waals surface area contributed by atoms with Crippen LogP contribution in [0.1, 0.15) is 23.7 Å². The van der Waals surface area contributed by atoms with Crippen molar-refractivity contribution >= 4 is 5.96 Å². The van der Waals surface area contributed by atoms with Gasteiger partial charge in [-0.3, -0.25) is 0 Å². The van der Waals surface area contributed by atoms with Crippen LogP contribution in [0.15, 0.2) is 47.5 Å². The molecular weight excluding hydrogens is 288 g/mol. The molecular formula is C18H24N4O. The molecule has 0 unspecified atom stereocenters. The molecule has 0 bridgehead atoms. The molecule has 0 saturated carbocycles. The van der Waals surface area contributed by atoms with Gasteiger partial charge in [-0.2, -0.15) is 0 Å². The Bertz CT molecular complexity index is 655. The van der Waals surface area contributed by atoms with Crippen LogP contribution in [0.4, 0.5) is 0 Å². The van der Waals surface area contributed by atoms with E-state index in [-0.39, 0.29) is 0 Å². The monoisotopic (exact) mass is 312 g/mol. The van der Waals surface area contributed by atoms with Gasteiger partial charge in [-0.05, 0) is 31.0 Å². The van der Waals surface area contributed by atoms with Crippen LogP contribution in [0.3, 0.4) is 0 Å². The largest absolute Gasteiger partial charge is 0.481 e. The molecule has 5 heteroatoms. The third-order valence-electron chi connectivity index (χ3n) is 3.44. The predicted octanol–water partition coefficient (Wildman–Crippen LogP) is 2.65. The van der Waals surface area contributed by atoms with Crippen molar-refractivity contribution in [3.05, 3.63) is 59.3 Å². The van der Waals surface area contributed by atoms with Gasteiger partial charge in [0.05, 0.1) is 25.9 Å². The smallest absolute Gasteiger partial charge is 0.213 e. The number of benzene rings is 1. The lowest BCUT2D eigenvalue weighted by atomic mass is 10.1. The Morgan fingerprint density at radius 2 is 1.96 bits per heavy atom. The lowest BCUT2D eigenvalue weighted by Gasteiger charge is -2.12. The summed E-state index contributed by atoms with van der Waals surface area (Å²) in [6.07, 6.45) is 0. The van der Waals surface area contributed by atoms with E-state index >= 15 is 0 Å². The van der Waals surface area contributed by atoms with E-state index in [1.807, 2.05) is 30.3 Å². The molecule has 5 nitrogen and oxygen atoms in total. The first-order chi connectivity index (χ1) is 11.2. The van der Waals surface area contributed by atoms with E-state index in [2.05, 4.69) is 46.6 Å².